The molecule has 0 aliphatic carbocycles. The van der Waals surface area contributed by atoms with Gasteiger partial charge in [0.2, 0.25) is 5.91 Å². The third kappa shape index (κ3) is 3.01. The highest BCUT2D eigenvalue weighted by Crippen LogP contribution is 2.22. The Labute approximate surface area is 117 Å². The van der Waals surface area contributed by atoms with Gasteiger partial charge < -0.3 is 20.7 Å². The van der Waals surface area contributed by atoms with Crippen LogP contribution in [0.25, 0.3) is 0 Å². The van der Waals surface area contributed by atoms with Crippen LogP contribution in [0.3, 0.4) is 0 Å². The molecule has 0 radical (unpaired) electrons. The maximum Gasteiger partial charge on any atom is 0.256 e. The molecular formula is C14H19N3O3. The molecule has 1 saturated heterocycles. The van der Waals surface area contributed by atoms with Gasteiger partial charge in [-0.25, -0.2) is 0 Å². The molecule has 6 heteroatoms. The van der Waals surface area contributed by atoms with Crippen molar-refractivity contribution in [3.8, 4) is 5.75 Å². The van der Waals surface area contributed by atoms with Crippen molar-refractivity contribution in [2.24, 2.45) is 0 Å². The molecule has 1 heterocycles. The van der Waals surface area contributed by atoms with Gasteiger partial charge in [0.15, 0.2) is 0 Å². The van der Waals surface area contributed by atoms with Crippen LogP contribution in [0.4, 0.5) is 5.69 Å². The second kappa shape index (κ2) is 5.81. The SMILES string of the molecule is COc1ccc(N)c(C(=O)N2CCC(NC(C)=O)C2)c1. The van der Waals surface area contributed by atoms with E-state index in [1.54, 1.807) is 30.2 Å². The summed E-state index contributed by atoms with van der Waals surface area (Å²) in [5.74, 6) is 0.389. The lowest BCUT2D eigenvalue weighted by atomic mass is 10.1. The zero-order chi connectivity index (χ0) is 14.7. The predicted octanol–water partition coefficient (Wildman–Crippen LogP) is 0.628. The average Bonchev–Trinajstić information content (AvgIpc) is 2.86. The fourth-order valence-electron chi connectivity index (χ4n) is 2.37. The molecule has 2 rings (SSSR count). The number of hydrogen-bond acceptors (Lipinski definition) is 4. The van der Waals surface area contributed by atoms with Crippen molar-refractivity contribution < 1.29 is 14.3 Å². The number of ether oxygens (including phenoxy) is 1. The van der Waals surface area contributed by atoms with Crippen molar-refractivity contribution in [3.05, 3.63) is 23.8 Å². The summed E-state index contributed by atoms with van der Waals surface area (Å²) in [5, 5.41) is 2.83. The van der Waals surface area contributed by atoms with E-state index in [4.69, 9.17) is 10.5 Å². The number of rotatable bonds is 3. The van der Waals surface area contributed by atoms with E-state index in [9.17, 15) is 9.59 Å². The molecule has 0 bridgehead atoms. The van der Waals surface area contributed by atoms with Gasteiger partial charge in [-0.05, 0) is 24.6 Å². The number of hydrogen-bond donors (Lipinski definition) is 2. The minimum absolute atomic E-state index is 0.0169. The molecule has 1 aliphatic rings. The molecule has 0 spiro atoms. The lowest BCUT2D eigenvalue weighted by Crippen LogP contribution is -2.37. The summed E-state index contributed by atoms with van der Waals surface area (Å²) in [6.07, 6.45) is 0.759. The van der Waals surface area contributed by atoms with Crippen molar-refractivity contribution >= 4 is 17.5 Å². The molecule has 0 saturated carbocycles. The van der Waals surface area contributed by atoms with Gasteiger partial charge in [-0.1, -0.05) is 0 Å². The van der Waals surface area contributed by atoms with Crippen LogP contribution < -0.4 is 15.8 Å². The highest BCUT2D eigenvalue weighted by atomic mass is 16.5. The van der Waals surface area contributed by atoms with Gasteiger partial charge in [-0.15, -0.1) is 0 Å². The van der Waals surface area contributed by atoms with Crippen molar-refractivity contribution in [3.63, 3.8) is 0 Å². The summed E-state index contributed by atoms with van der Waals surface area (Å²) < 4.78 is 5.11. The normalized spacial score (nSPS) is 17.9. The molecule has 20 heavy (non-hydrogen) atoms. The van der Waals surface area contributed by atoms with Crippen LogP contribution >= 0.6 is 0 Å². The Morgan fingerprint density at radius 2 is 2.20 bits per heavy atom. The molecule has 2 amide bonds. The van der Waals surface area contributed by atoms with Crippen LogP contribution in [0, 0.1) is 0 Å². The number of nitrogens with one attached hydrogen (secondary N) is 1. The Morgan fingerprint density at radius 3 is 2.85 bits per heavy atom. The zero-order valence-corrected chi connectivity index (χ0v) is 11.7. The minimum atomic E-state index is -0.130. The molecule has 6 nitrogen and oxygen atoms in total. The van der Waals surface area contributed by atoms with E-state index in [1.165, 1.54) is 6.92 Å². The second-order valence-corrected chi connectivity index (χ2v) is 4.89. The quantitative estimate of drug-likeness (QED) is 0.794. The van der Waals surface area contributed by atoms with Crippen LogP contribution in [-0.4, -0.2) is 43.0 Å². The Hall–Kier alpha value is -2.24. The van der Waals surface area contributed by atoms with Gasteiger partial charge in [0.25, 0.3) is 5.91 Å². The van der Waals surface area contributed by atoms with Crippen LogP contribution in [0.1, 0.15) is 23.7 Å². The van der Waals surface area contributed by atoms with Gasteiger partial charge in [0.05, 0.1) is 12.7 Å². The molecule has 108 valence electrons. The average molecular weight is 277 g/mol. The third-order valence-electron chi connectivity index (χ3n) is 3.37. The van der Waals surface area contributed by atoms with E-state index in [0.29, 0.717) is 30.1 Å². The third-order valence-corrected chi connectivity index (χ3v) is 3.37. The number of carbonyl (C=O) groups is 2. The first-order valence-corrected chi connectivity index (χ1v) is 6.51. The summed E-state index contributed by atoms with van der Waals surface area (Å²) in [7, 11) is 1.54. The first kappa shape index (κ1) is 14.2. The van der Waals surface area contributed by atoms with Gasteiger partial charge in [0, 0.05) is 31.7 Å². The van der Waals surface area contributed by atoms with Gasteiger partial charge in [-0.2, -0.15) is 0 Å². The highest BCUT2D eigenvalue weighted by Gasteiger charge is 2.28. The number of anilines is 1. The Bertz CT molecular complexity index is 530. The Balaban J connectivity index is 2.10. The molecule has 0 aromatic heterocycles. The predicted molar refractivity (Wildman–Crippen MR) is 75.5 cm³/mol. The fraction of sp³-hybridized carbons (Fsp3) is 0.429. The molecular weight excluding hydrogens is 258 g/mol. The number of likely N-dealkylation sites (tertiary alicyclic amines) is 1. The zero-order valence-electron chi connectivity index (χ0n) is 11.7. The van der Waals surface area contributed by atoms with Crippen molar-refractivity contribution in [1.29, 1.82) is 0 Å². The molecule has 1 unspecified atom stereocenters. The largest absolute Gasteiger partial charge is 0.497 e. The first-order chi connectivity index (χ1) is 9.51. The van der Waals surface area contributed by atoms with Crippen LogP contribution in [0.5, 0.6) is 5.75 Å². The molecule has 1 aromatic rings. The maximum atomic E-state index is 12.4. The van der Waals surface area contributed by atoms with E-state index in [2.05, 4.69) is 5.32 Å². The number of nitrogen functional groups attached to an aromatic ring is 1. The topological polar surface area (TPSA) is 84.7 Å². The number of nitrogens with two attached hydrogens (primary N) is 1. The number of nitrogens with zero attached hydrogens (tertiary/aromatic N) is 1. The summed E-state index contributed by atoms with van der Waals surface area (Å²) in [5.41, 5.74) is 6.72. The van der Waals surface area contributed by atoms with Gasteiger partial charge in [-0.3, -0.25) is 9.59 Å². The maximum absolute atomic E-state index is 12.4. The van der Waals surface area contributed by atoms with E-state index < -0.39 is 0 Å². The van der Waals surface area contributed by atoms with Gasteiger partial charge in [0.1, 0.15) is 5.75 Å². The van der Waals surface area contributed by atoms with E-state index in [1.807, 2.05) is 0 Å². The van der Waals surface area contributed by atoms with Crippen LogP contribution in [-0.2, 0) is 4.79 Å². The van der Waals surface area contributed by atoms with Crippen LogP contribution in [0.2, 0.25) is 0 Å². The molecule has 1 atom stereocenters. The van der Waals surface area contributed by atoms with Crippen LogP contribution in [0.15, 0.2) is 18.2 Å². The fourth-order valence-corrected chi connectivity index (χ4v) is 2.37. The standard InChI is InChI=1S/C14H19N3O3/c1-9(18)16-10-5-6-17(8-10)14(19)12-7-11(20-2)3-4-13(12)15/h3-4,7,10H,5-6,8,15H2,1-2H3,(H,16,18). The number of amides is 2. The highest BCUT2D eigenvalue weighted by molar-refractivity contribution is 5.99. The molecule has 1 aliphatic heterocycles. The van der Waals surface area contributed by atoms with Gasteiger partial charge >= 0.3 is 0 Å². The summed E-state index contributed by atoms with van der Waals surface area (Å²) in [6, 6.07) is 5.04. The Kier molecular flexibility index (Phi) is 4.12. The second-order valence-electron chi connectivity index (χ2n) is 4.89. The monoisotopic (exact) mass is 277 g/mol. The number of carbonyl (C=O) groups excluding carboxylic acids is 2. The van der Waals surface area contributed by atoms with E-state index >= 15 is 0 Å². The lowest BCUT2D eigenvalue weighted by Gasteiger charge is -2.18. The Morgan fingerprint density at radius 1 is 1.45 bits per heavy atom. The summed E-state index contributed by atoms with van der Waals surface area (Å²) in [6.45, 7) is 2.60. The summed E-state index contributed by atoms with van der Waals surface area (Å²) >= 11 is 0. The molecule has 1 fully saturated rings. The van der Waals surface area contributed by atoms with Crippen molar-refractivity contribution in [2.45, 2.75) is 19.4 Å². The number of benzene rings is 1. The smallest absolute Gasteiger partial charge is 0.256 e. The van der Waals surface area contributed by atoms with Crippen molar-refractivity contribution in [1.82, 2.24) is 10.2 Å². The molecule has 3 N–H and O–H groups in total. The minimum Gasteiger partial charge on any atom is -0.497 e. The van der Waals surface area contributed by atoms with E-state index in [-0.39, 0.29) is 17.9 Å². The first-order valence-electron chi connectivity index (χ1n) is 6.51. The molecule has 1 aromatic carbocycles. The summed E-state index contributed by atoms with van der Waals surface area (Å²) in [4.78, 5) is 25.2. The lowest BCUT2D eigenvalue weighted by molar-refractivity contribution is -0.119. The van der Waals surface area contributed by atoms with Crippen molar-refractivity contribution in [2.75, 3.05) is 25.9 Å². The number of methoxy groups -OCH3 is 1. The van der Waals surface area contributed by atoms with E-state index in [0.717, 1.165) is 6.42 Å².